The number of esters is 1. The van der Waals surface area contributed by atoms with Crippen LogP contribution in [-0.2, 0) is 28.9 Å². The lowest BCUT2D eigenvalue weighted by Crippen LogP contribution is -2.49. The van der Waals surface area contributed by atoms with E-state index in [1.165, 1.54) is 16.6 Å². The summed E-state index contributed by atoms with van der Waals surface area (Å²) in [6, 6.07) is -0.854. The van der Waals surface area contributed by atoms with Crippen molar-refractivity contribution < 1.29 is 14.3 Å². The van der Waals surface area contributed by atoms with Crippen LogP contribution < -0.4 is 16.2 Å². The van der Waals surface area contributed by atoms with Crippen LogP contribution in [-0.4, -0.2) is 40.0 Å². The van der Waals surface area contributed by atoms with E-state index in [2.05, 4.69) is 17.2 Å². The zero-order chi connectivity index (χ0) is 22.8. The molecule has 0 spiro atoms. The van der Waals surface area contributed by atoms with Crippen LogP contribution in [0.1, 0.15) is 37.1 Å². The van der Waals surface area contributed by atoms with E-state index < -0.39 is 12.0 Å². The molecule has 0 fully saturated rings. The lowest BCUT2D eigenvalue weighted by Gasteiger charge is -2.26. The molecule has 2 aliphatic rings. The number of fused-ring (bicyclic) bond motifs is 3. The van der Waals surface area contributed by atoms with Gasteiger partial charge in [-0.25, -0.2) is 14.6 Å². The predicted molar refractivity (Wildman–Crippen MR) is 126 cm³/mol. The van der Waals surface area contributed by atoms with Gasteiger partial charge in [0, 0.05) is 22.9 Å². The molecule has 2 aromatic heterocycles. The number of amides is 2. The number of aromatic nitrogens is 2. The summed E-state index contributed by atoms with van der Waals surface area (Å²) in [5.41, 5.74) is 1.94. The van der Waals surface area contributed by atoms with E-state index in [0.29, 0.717) is 23.0 Å². The fourth-order valence-electron chi connectivity index (χ4n) is 4.15. The van der Waals surface area contributed by atoms with Gasteiger partial charge in [0.2, 0.25) is 0 Å². The van der Waals surface area contributed by atoms with Gasteiger partial charge < -0.3 is 15.4 Å². The highest BCUT2D eigenvalue weighted by Gasteiger charge is 2.30. The first kappa shape index (κ1) is 22.6. The minimum Gasteiger partial charge on any atom is -0.463 e. The first-order chi connectivity index (χ1) is 15.4. The first-order valence-corrected chi connectivity index (χ1v) is 12.5. The van der Waals surface area contributed by atoms with Gasteiger partial charge in [0.05, 0.1) is 23.6 Å². The maximum Gasteiger partial charge on any atom is 0.337 e. The Morgan fingerprint density at radius 3 is 2.91 bits per heavy atom. The van der Waals surface area contributed by atoms with Gasteiger partial charge in [-0.05, 0) is 45.1 Å². The Hall–Kier alpha value is -2.59. The molecule has 4 rings (SSSR count). The summed E-state index contributed by atoms with van der Waals surface area (Å²) in [7, 11) is 0. The lowest BCUT2D eigenvalue weighted by atomic mass is 9.97. The number of hydrogen-bond donors (Lipinski definition) is 2. The van der Waals surface area contributed by atoms with E-state index in [-0.39, 0.29) is 24.0 Å². The number of aryl methyl sites for hydroxylation is 2. The van der Waals surface area contributed by atoms with Gasteiger partial charge in [0.1, 0.15) is 4.83 Å². The molecule has 170 valence electrons. The van der Waals surface area contributed by atoms with Crippen LogP contribution in [0, 0.1) is 0 Å². The molecule has 1 aliphatic heterocycles. The average molecular weight is 475 g/mol. The molecule has 10 heteroatoms. The molecule has 0 saturated heterocycles. The number of rotatable bonds is 7. The molecule has 8 nitrogen and oxygen atoms in total. The van der Waals surface area contributed by atoms with Crippen LogP contribution in [0.15, 0.2) is 33.9 Å². The monoisotopic (exact) mass is 474 g/mol. The number of hydrogen-bond acceptors (Lipinski definition) is 7. The molecule has 2 aromatic rings. The molecule has 1 aliphatic carbocycles. The van der Waals surface area contributed by atoms with E-state index in [1.54, 1.807) is 35.8 Å². The number of thioether (sulfide) groups is 1. The second kappa shape index (κ2) is 9.50. The highest BCUT2D eigenvalue weighted by Crippen LogP contribution is 2.35. The van der Waals surface area contributed by atoms with Crippen molar-refractivity contribution in [2.75, 3.05) is 12.4 Å². The predicted octanol–water partition coefficient (Wildman–Crippen LogP) is 3.13. The number of thiophene rings is 1. The Morgan fingerprint density at radius 2 is 2.16 bits per heavy atom. The molecular formula is C22H26N4O4S2. The van der Waals surface area contributed by atoms with Gasteiger partial charge in [0.25, 0.3) is 5.56 Å². The van der Waals surface area contributed by atoms with Crippen molar-refractivity contribution in [2.24, 2.45) is 0 Å². The summed E-state index contributed by atoms with van der Waals surface area (Å²) in [4.78, 5) is 44.7. The van der Waals surface area contributed by atoms with Crippen LogP contribution in [0.2, 0.25) is 0 Å². The van der Waals surface area contributed by atoms with E-state index in [4.69, 9.17) is 9.72 Å². The SMILES string of the molecule is C=CCn1c(SCC2=C(C(=O)OCC)[C@@H](C)NC(=O)N2)nc2sc3c(c2c1=O)CCCC3. The Bertz CT molecular complexity index is 1180. The van der Waals surface area contributed by atoms with Gasteiger partial charge in [-0.1, -0.05) is 17.8 Å². The fraction of sp³-hybridized carbons (Fsp3) is 0.455. The van der Waals surface area contributed by atoms with Crippen molar-refractivity contribution in [1.82, 2.24) is 20.2 Å². The molecular weight excluding hydrogens is 448 g/mol. The summed E-state index contributed by atoms with van der Waals surface area (Å²) in [6.45, 7) is 7.84. The number of urea groups is 1. The normalized spacial score (nSPS) is 18.2. The summed E-state index contributed by atoms with van der Waals surface area (Å²) in [6.07, 6.45) is 5.81. The van der Waals surface area contributed by atoms with Crippen molar-refractivity contribution in [3.05, 3.63) is 44.7 Å². The zero-order valence-electron chi connectivity index (χ0n) is 18.2. The number of carbonyl (C=O) groups excluding carboxylic acids is 2. The highest BCUT2D eigenvalue weighted by molar-refractivity contribution is 7.99. The molecule has 0 bridgehead atoms. The standard InChI is InChI=1S/C22H26N4O4S2/c1-4-10-26-19(27)17-13-8-6-7-9-15(13)32-18(17)25-22(26)31-11-14-16(20(28)30-5-2)12(3)23-21(29)24-14/h4,12H,1,5-11H2,2-3H3,(H2,23,24,29)/t12-/m1/s1. The molecule has 0 aromatic carbocycles. The van der Waals surface area contributed by atoms with Crippen molar-refractivity contribution in [2.45, 2.75) is 57.3 Å². The summed E-state index contributed by atoms with van der Waals surface area (Å²) >= 11 is 2.91. The molecule has 2 amide bonds. The Balaban J connectivity index is 1.73. The molecule has 3 heterocycles. The zero-order valence-corrected chi connectivity index (χ0v) is 19.8. The number of carbonyl (C=O) groups is 2. The van der Waals surface area contributed by atoms with E-state index in [0.717, 1.165) is 41.5 Å². The van der Waals surface area contributed by atoms with Crippen LogP contribution >= 0.6 is 23.1 Å². The van der Waals surface area contributed by atoms with Gasteiger partial charge in [0.15, 0.2) is 5.16 Å². The van der Waals surface area contributed by atoms with Gasteiger partial charge >= 0.3 is 12.0 Å². The third-order valence-corrected chi connectivity index (χ3v) is 7.75. The maximum atomic E-state index is 13.4. The van der Waals surface area contributed by atoms with Crippen molar-refractivity contribution in [3.63, 3.8) is 0 Å². The number of allylic oxidation sites excluding steroid dienone is 1. The topological polar surface area (TPSA) is 102 Å². The van der Waals surface area contributed by atoms with Crippen molar-refractivity contribution in [1.29, 1.82) is 0 Å². The number of ether oxygens (including phenoxy) is 1. The third-order valence-electron chi connectivity index (χ3n) is 5.56. The largest absolute Gasteiger partial charge is 0.463 e. The second-order valence-electron chi connectivity index (χ2n) is 7.71. The van der Waals surface area contributed by atoms with Gasteiger partial charge in [-0.2, -0.15) is 0 Å². The molecule has 0 saturated carbocycles. The van der Waals surface area contributed by atoms with E-state index in [9.17, 15) is 14.4 Å². The smallest absolute Gasteiger partial charge is 0.337 e. The minimum absolute atomic E-state index is 0.0564. The van der Waals surface area contributed by atoms with Crippen LogP contribution in [0.3, 0.4) is 0 Å². The number of nitrogens with one attached hydrogen (secondary N) is 2. The summed E-state index contributed by atoms with van der Waals surface area (Å²) < 4.78 is 6.80. The molecule has 32 heavy (non-hydrogen) atoms. The summed E-state index contributed by atoms with van der Waals surface area (Å²) in [5, 5.41) is 6.68. The van der Waals surface area contributed by atoms with Gasteiger partial charge in [-0.15, -0.1) is 17.9 Å². The second-order valence-corrected chi connectivity index (χ2v) is 9.74. The molecule has 0 unspecified atom stereocenters. The lowest BCUT2D eigenvalue weighted by molar-refractivity contribution is -0.138. The number of nitrogens with zero attached hydrogens (tertiary/aromatic N) is 2. The summed E-state index contributed by atoms with van der Waals surface area (Å²) in [5.74, 6) is -0.201. The Kier molecular flexibility index (Phi) is 6.71. The van der Waals surface area contributed by atoms with Crippen molar-refractivity contribution >= 4 is 45.3 Å². The molecule has 2 N–H and O–H groups in total. The van der Waals surface area contributed by atoms with Crippen molar-refractivity contribution in [3.8, 4) is 0 Å². The van der Waals surface area contributed by atoms with Crippen LogP contribution in [0.25, 0.3) is 10.2 Å². The maximum absolute atomic E-state index is 13.4. The first-order valence-electron chi connectivity index (χ1n) is 10.7. The minimum atomic E-state index is -0.478. The Labute approximate surface area is 194 Å². The van der Waals surface area contributed by atoms with Crippen LogP contribution in [0.4, 0.5) is 4.79 Å². The fourth-order valence-corrected chi connectivity index (χ4v) is 6.43. The van der Waals surface area contributed by atoms with E-state index >= 15 is 0 Å². The van der Waals surface area contributed by atoms with Gasteiger partial charge in [-0.3, -0.25) is 9.36 Å². The molecule has 1 atom stereocenters. The molecule has 0 radical (unpaired) electrons. The third kappa shape index (κ3) is 4.21. The Morgan fingerprint density at radius 1 is 1.38 bits per heavy atom. The highest BCUT2D eigenvalue weighted by atomic mass is 32.2. The quantitative estimate of drug-likeness (QED) is 0.277. The average Bonchev–Trinajstić information content (AvgIpc) is 3.12. The van der Waals surface area contributed by atoms with E-state index in [1.807, 2.05) is 0 Å². The van der Waals surface area contributed by atoms with Crippen LogP contribution in [0.5, 0.6) is 0 Å².